The van der Waals surface area contributed by atoms with Gasteiger partial charge in [0.25, 0.3) is 0 Å². The molecule has 10 heteroatoms. The van der Waals surface area contributed by atoms with Crippen LogP contribution in [-0.4, -0.2) is 22.6 Å². The topological polar surface area (TPSA) is 71.5 Å². The zero-order valence-electron chi connectivity index (χ0n) is 18.9. The van der Waals surface area contributed by atoms with Crippen LogP contribution in [0.4, 0.5) is 18.9 Å². The Morgan fingerprint density at radius 3 is 2.25 bits per heavy atom. The number of pyridine rings is 1. The lowest BCUT2D eigenvalue weighted by atomic mass is 9.96. The molecule has 0 aliphatic carbocycles. The van der Waals surface area contributed by atoms with E-state index in [2.05, 4.69) is 10.3 Å². The number of carbonyl (C=O) groups is 1. The number of halogens is 5. The maximum absolute atomic E-state index is 13.0. The number of aliphatic hydroxyl groups is 1. The normalized spacial score (nSPS) is 12.1. The molecule has 0 unspecified atom stereocenters. The van der Waals surface area contributed by atoms with Crippen LogP contribution in [0.15, 0.2) is 72.8 Å². The summed E-state index contributed by atoms with van der Waals surface area (Å²) in [5.41, 5.74) is 1.45. The molecule has 0 radical (unpaired) electrons. The first-order valence-electron chi connectivity index (χ1n) is 10.7. The van der Waals surface area contributed by atoms with E-state index in [0.29, 0.717) is 29.1 Å². The van der Waals surface area contributed by atoms with E-state index in [1.165, 1.54) is 30.4 Å². The number of anilines is 1. The van der Waals surface area contributed by atoms with Crippen LogP contribution in [0.5, 0.6) is 5.75 Å². The van der Waals surface area contributed by atoms with E-state index in [0.717, 1.165) is 12.1 Å². The molecule has 2 aromatic carbocycles. The summed E-state index contributed by atoms with van der Waals surface area (Å²) in [5.74, 6) is 0.0847. The van der Waals surface area contributed by atoms with Crippen molar-refractivity contribution >= 4 is 40.4 Å². The molecule has 3 aromatic rings. The van der Waals surface area contributed by atoms with Crippen molar-refractivity contribution in [2.24, 2.45) is 0 Å². The molecule has 5 nitrogen and oxygen atoms in total. The molecule has 3 rings (SSSR count). The van der Waals surface area contributed by atoms with E-state index >= 15 is 0 Å². The number of benzene rings is 2. The summed E-state index contributed by atoms with van der Waals surface area (Å²) in [6, 6.07) is 13.2. The quantitative estimate of drug-likeness (QED) is 0.186. The Labute approximate surface area is 215 Å². The molecule has 0 saturated carbocycles. The van der Waals surface area contributed by atoms with Gasteiger partial charge in [-0.15, -0.1) is 0 Å². The van der Waals surface area contributed by atoms with Gasteiger partial charge in [-0.2, -0.15) is 13.2 Å². The summed E-state index contributed by atoms with van der Waals surface area (Å²) in [6.45, 7) is 1.93. The molecule has 0 bridgehead atoms. The van der Waals surface area contributed by atoms with Crippen LogP contribution in [0.2, 0.25) is 10.3 Å². The van der Waals surface area contributed by atoms with E-state index < -0.39 is 24.3 Å². The number of carbonyl (C=O) groups excluding carboxylic acids is 1. The van der Waals surface area contributed by atoms with Crippen LogP contribution in [-0.2, 0) is 17.6 Å². The standard InChI is InChI=1S/C26H21Cl2F3N2O3/c1-2-36-20-12-8-17(9-13-20)21(16-6-10-19(11-7-16)26(29,30)31)4-3-5-23(35)33-24-18(15-34)14-22(27)32-25(24)28/h3-14,34H,2,15H2,1H3,(H,33,35)/b5-3+,21-4-. The van der Waals surface area contributed by atoms with E-state index in [4.69, 9.17) is 27.9 Å². The van der Waals surface area contributed by atoms with Crippen LogP contribution in [0.1, 0.15) is 29.2 Å². The fourth-order valence-corrected chi connectivity index (χ4v) is 3.80. The second-order valence-corrected chi connectivity index (χ2v) is 8.13. The third-order valence-electron chi connectivity index (χ3n) is 4.95. The van der Waals surface area contributed by atoms with Gasteiger partial charge in [-0.1, -0.05) is 59.6 Å². The third-order valence-corrected chi connectivity index (χ3v) is 5.42. The number of rotatable bonds is 8. The van der Waals surface area contributed by atoms with Gasteiger partial charge in [0.15, 0.2) is 5.15 Å². The molecule has 0 aliphatic heterocycles. The van der Waals surface area contributed by atoms with Crippen LogP contribution >= 0.6 is 23.2 Å². The summed E-state index contributed by atoms with van der Waals surface area (Å²) >= 11 is 11.9. The average Bonchev–Trinajstić information content (AvgIpc) is 2.84. The SMILES string of the molecule is CCOc1ccc(/C(=C\C=C\C(=O)Nc2c(CO)cc(Cl)nc2Cl)c2ccc(C(F)(F)F)cc2)cc1. The lowest BCUT2D eigenvalue weighted by Crippen LogP contribution is -2.11. The van der Waals surface area contributed by atoms with E-state index in [1.54, 1.807) is 30.3 Å². The molecular weight excluding hydrogens is 516 g/mol. The molecule has 1 aromatic heterocycles. The van der Waals surface area contributed by atoms with Gasteiger partial charge in [-0.05, 0) is 54.0 Å². The molecular formula is C26H21Cl2F3N2O3. The molecule has 2 N–H and O–H groups in total. The summed E-state index contributed by atoms with van der Waals surface area (Å²) in [4.78, 5) is 16.3. The van der Waals surface area contributed by atoms with E-state index in [-0.39, 0.29) is 21.6 Å². The van der Waals surface area contributed by atoms with Crippen LogP contribution in [0.25, 0.3) is 5.57 Å². The van der Waals surface area contributed by atoms with E-state index in [9.17, 15) is 23.1 Å². The highest BCUT2D eigenvalue weighted by Crippen LogP contribution is 2.32. The largest absolute Gasteiger partial charge is 0.494 e. The highest BCUT2D eigenvalue weighted by molar-refractivity contribution is 6.35. The number of hydrogen-bond acceptors (Lipinski definition) is 4. The predicted octanol–water partition coefficient (Wildman–Crippen LogP) is 6.92. The average molecular weight is 537 g/mol. The van der Waals surface area contributed by atoms with Gasteiger partial charge in [0.1, 0.15) is 10.9 Å². The van der Waals surface area contributed by atoms with Gasteiger partial charge >= 0.3 is 6.18 Å². The Morgan fingerprint density at radius 1 is 1.08 bits per heavy atom. The monoisotopic (exact) mass is 536 g/mol. The lowest BCUT2D eigenvalue weighted by molar-refractivity contribution is -0.137. The fourth-order valence-electron chi connectivity index (χ4n) is 3.28. The number of nitrogens with one attached hydrogen (secondary N) is 1. The number of aromatic nitrogens is 1. The van der Waals surface area contributed by atoms with Crippen LogP contribution < -0.4 is 10.1 Å². The van der Waals surface area contributed by atoms with Gasteiger partial charge in [0.05, 0.1) is 24.5 Å². The smallest absolute Gasteiger partial charge is 0.416 e. The number of amides is 1. The molecule has 188 valence electrons. The highest BCUT2D eigenvalue weighted by atomic mass is 35.5. The molecule has 0 saturated heterocycles. The first-order valence-corrected chi connectivity index (χ1v) is 11.4. The third kappa shape index (κ3) is 7.10. The molecule has 0 fully saturated rings. The molecule has 1 amide bonds. The summed E-state index contributed by atoms with van der Waals surface area (Å²) in [6.07, 6.45) is -0.184. The van der Waals surface area contributed by atoms with Crippen molar-refractivity contribution in [1.29, 1.82) is 0 Å². The van der Waals surface area contributed by atoms with Gasteiger partial charge in [0, 0.05) is 11.6 Å². The predicted molar refractivity (Wildman–Crippen MR) is 134 cm³/mol. The Hall–Kier alpha value is -3.33. The van der Waals surface area contributed by atoms with E-state index in [1.807, 2.05) is 6.92 Å². The molecule has 36 heavy (non-hydrogen) atoms. The van der Waals surface area contributed by atoms with Crippen molar-refractivity contribution in [3.63, 3.8) is 0 Å². The van der Waals surface area contributed by atoms with Crippen molar-refractivity contribution in [3.8, 4) is 5.75 Å². The maximum Gasteiger partial charge on any atom is 0.416 e. The zero-order valence-corrected chi connectivity index (χ0v) is 20.5. The van der Waals surface area contributed by atoms with Gasteiger partial charge < -0.3 is 15.2 Å². The summed E-state index contributed by atoms with van der Waals surface area (Å²) in [7, 11) is 0. The zero-order chi connectivity index (χ0) is 26.3. The van der Waals surface area contributed by atoms with Gasteiger partial charge in [0.2, 0.25) is 5.91 Å². The van der Waals surface area contributed by atoms with Gasteiger partial charge in [-0.25, -0.2) is 4.98 Å². The maximum atomic E-state index is 13.0. The van der Waals surface area contributed by atoms with Crippen molar-refractivity contribution < 1.29 is 27.8 Å². The van der Waals surface area contributed by atoms with Crippen molar-refractivity contribution in [3.05, 3.63) is 105 Å². The number of ether oxygens (including phenoxy) is 1. The number of hydrogen-bond donors (Lipinski definition) is 2. The minimum atomic E-state index is -4.45. The Balaban J connectivity index is 1.91. The Morgan fingerprint density at radius 2 is 1.69 bits per heavy atom. The summed E-state index contributed by atoms with van der Waals surface area (Å²) in [5, 5.41) is 12.0. The van der Waals surface area contributed by atoms with Gasteiger partial charge in [-0.3, -0.25) is 4.79 Å². The molecule has 0 spiro atoms. The van der Waals surface area contributed by atoms with Crippen LogP contribution in [0, 0.1) is 0 Å². The summed E-state index contributed by atoms with van der Waals surface area (Å²) < 4.78 is 44.5. The van der Waals surface area contributed by atoms with Crippen LogP contribution in [0.3, 0.4) is 0 Å². The van der Waals surface area contributed by atoms with Crippen molar-refractivity contribution in [2.75, 3.05) is 11.9 Å². The first-order chi connectivity index (χ1) is 17.1. The Kier molecular flexibility index (Phi) is 9.14. The second kappa shape index (κ2) is 12.1. The van der Waals surface area contributed by atoms with Crippen molar-refractivity contribution in [2.45, 2.75) is 19.7 Å². The Bertz CT molecular complexity index is 1270. The number of alkyl halides is 3. The minimum absolute atomic E-state index is 0.0667. The highest BCUT2D eigenvalue weighted by Gasteiger charge is 2.30. The second-order valence-electron chi connectivity index (χ2n) is 7.39. The number of nitrogens with zero attached hydrogens (tertiary/aromatic N) is 1. The number of aliphatic hydroxyl groups excluding tert-OH is 1. The van der Waals surface area contributed by atoms with Crippen molar-refractivity contribution in [1.82, 2.24) is 4.98 Å². The molecule has 0 aliphatic rings. The lowest BCUT2D eigenvalue weighted by Gasteiger charge is -2.12. The molecule has 0 atom stereocenters. The fraction of sp³-hybridized carbons (Fsp3) is 0.154. The molecule has 1 heterocycles. The first kappa shape index (κ1) is 27.3. The minimum Gasteiger partial charge on any atom is -0.494 e. The number of allylic oxidation sites excluding steroid dienone is 2.